The maximum Gasteiger partial charge on any atom is 0.247 e. The molecule has 3 rings (SSSR count). The third kappa shape index (κ3) is 4.45. The summed E-state index contributed by atoms with van der Waals surface area (Å²) >= 11 is 0. The first kappa shape index (κ1) is 17.6. The number of anilines is 2. The maximum atomic E-state index is 11.8. The topological polar surface area (TPSA) is 88.1 Å². The van der Waals surface area contributed by atoms with Gasteiger partial charge in [0.1, 0.15) is 0 Å². The third-order valence-corrected chi connectivity index (χ3v) is 6.10. The SMILES string of the molecule is CCN(c1nncc(NCc2cccc(C)c2)n1)C1CCS(=O)(=O)C1. The normalized spacial score (nSPS) is 18.9. The fourth-order valence-corrected chi connectivity index (χ4v) is 4.83. The summed E-state index contributed by atoms with van der Waals surface area (Å²) in [6, 6.07) is 8.17. The minimum absolute atomic E-state index is 0.0798. The van der Waals surface area contributed by atoms with Gasteiger partial charge in [-0.1, -0.05) is 29.8 Å². The smallest absolute Gasteiger partial charge is 0.247 e. The highest BCUT2D eigenvalue weighted by Gasteiger charge is 2.33. The molecule has 1 aliphatic heterocycles. The molecule has 1 aliphatic rings. The van der Waals surface area contributed by atoms with E-state index in [-0.39, 0.29) is 17.5 Å². The van der Waals surface area contributed by atoms with Crippen molar-refractivity contribution in [1.29, 1.82) is 0 Å². The Labute approximate surface area is 148 Å². The van der Waals surface area contributed by atoms with Gasteiger partial charge < -0.3 is 10.2 Å². The van der Waals surface area contributed by atoms with Crippen LogP contribution in [0.5, 0.6) is 0 Å². The van der Waals surface area contributed by atoms with Gasteiger partial charge in [0.05, 0.1) is 17.7 Å². The Balaban J connectivity index is 1.71. The largest absolute Gasteiger partial charge is 0.365 e. The number of hydrogen-bond acceptors (Lipinski definition) is 7. The lowest BCUT2D eigenvalue weighted by molar-refractivity contribution is 0.598. The van der Waals surface area contributed by atoms with E-state index in [9.17, 15) is 8.42 Å². The minimum atomic E-state index is -2.95. The van der Waals surface area contributed by atoms with Gasteiger partial charge in [0.15, 0.2) is 15.7 Å². The first-order valence-corrected chi connectivity index (χ1v) is 10.2. The summed E-state index contributed by atoms with van der Waals surface area (Å²) in [7, 11) is -2.95. The Morgan fingerprint density at radius 1 is 1.36 bits per heavy atom. The molecule has 1 N–H and O–H groups in total. The van der Waals surface area contributed by atoms with Crippen LogP contribution >= 0.6 is 0 Å². The zero-order chi connectivity index (χ0) is 17.9. The molecule has 7 nitrogen and oxygen atoms in total. The summed E-state index contributed by atoms with van der Waals surface area (Å²) in [5.41, 5.74) is 2.37. The summed E-state index contributed by atoms with van der Waals surface area (Å²) < 4.78 is 23.5. The fraction of sp³-hybridized carbons (Fsp3) is 0.471. The molecule has 0 spiro atoms. The van der Waals surface area contributed by atoms with Crippen LogP contribution in [0.3, 0.4) is 0 Å². The molecular weight excluding hydrogens is 338 g/mol. The molecule has 25 heavy (non-hydrogen) atoms. The molecule has 0 saturated carbocycles. The van der Waals surface area contributed by atoms with Gasteiger partial charge in [-0.05, 0) is 25.8 Å². The second-order valence-electron chi connectivity index (χ2n) is 6.33. The average Bonchev–Trinajstić information content (AvgIpc) is 2.94. The van der Waals surface area contributed by atoms with Crippen LogP contribution in [0.2, 0.25) is 0 Å². The minimum Gasteiger partial charge on any atom is -0.365 e. The summed E-state index contributed by atoms with van der Waals surface area (Å²) in [6.07, 6.45) is 2.19. The number of benzene rings is 1. The van der Waals surface area contributed by atoms with E-state index in [1.165, 1.54) is 5.56 Å². The van der Waals surface area contributed by atoms with Crippen LogP contribution < -0.4 is 10.2 Å². The van der Waals surface area contributed by atoms with E-state index >= 15 is 0 Å². The molecule has 2 aromatic rings. The highest BCUT2D eigenvalue weighted by molar-refractivity contribution is 7.91. The van der Waals surface area contributed by atoms with Crippen molar-refractivity contribution in [3.05, 3.63) is 41.6 Å². The van der Waals surface area contributed by atoms with Crippen molar-refractivity contribution in [2.24, 2.45) is 0 Å². The van der Waals surface area contributed by atoms with Crippen molar-refractivity contribution in [3.63, 3.8) is 0 Å². The molecule has 0 bridgehead atoms. The molecule has 1 atom stereocenters. The third-order valence-electron chi connectivity index (χ3n) is 4.35. The van der Waals surface area contributed by atoms with Crippen molar-refractivity contribution in [2.45, 2.75) is 32.9 Å². The molecule has 1 fully saturated rings. The predicted octanol–water partition coefficient (Wildman–Crippen LogP) is 1.81. The van der Waals surface area contributed by atoms with E-state index in [1.807, 2.05) is 17.9 Å². The zero-order valence-corrected chi connectivity index (χ0v) is 15.3. The van der Waals surface area contributed by atoms with Crippen LogP contribution in [0, 0.1) is 6.92 Å². The van der Waals surface area contributed by atoms with Crippen molar-refractivity contribution >= 4 is 21.6 Å². The van der Waals surface area contributed by atoms with Gasteiger partial charge in [0.25, 0.3) is 0 Å². The Morgan fingerprint density at radius 2 is 2.20 bits per heavy atom. The summed E-state index contributed by atoms with van der Waals surface area (Å²) in [4.78, 5) is 6.45. The molecule has 2 heterocycles. The average molecular weight is 361 g/mol. The molecule has 134 valence electrons. The van der Waals surface area contributed by atoms with Crippen LogP contribution in [0.4, 0.5) is 11.8 Å². The van der Waals surface area contributed by atoms with Gasteiger partial charge in [-0.25, -0.2) is 8.42 Å². The van der Waals surface area contributed by atoms with E-state index in [1.54, 1.807) is 6.20 Å². The Bertz CT molecular complexity index is 840. The second-order valence-corrected chi connectivity index (χ2v) is 8.56. The van der Waals surface area contributed by atoms with E-state index in [0.29, 0.717) is 31.3 Å². The maximum absolute atomic E-state index is 11.8. The van der Waals surface area contributed by atoms with Crippen molar-refractivity contribution in [3.8, 4) is 0 Å². The number of rotatable bonds is 6. The van der Waals surface area contributed by atoms with Crippen LogP contribution in [0.15, 0.2) is 30.5 Å². The lowest BCUT2D eigenvalue weighted by atomic mass is 10.1. The van der Waals surface area contributed by atoms with Gasteiger partial charge in [-0.3, -0.25) is 0 Å². The van der Waals surface area contributed by atoms with Crippen LogP contribution in [-0.2, 0) is 16.4 Å². The van der Waals surface area contributed by atoms with E-state index in [0.717, 1.165) is 5.56 Å². The van der Waals surface area contributed by atoms with Gasteiger partial charge in [-0.15, -0.1) is 5.10 Å². The van der Waals surface area contributed by atoms with E-state index in [2.05, 4.69) is 45.6 Å². The van der Waals surface area contributed by atoms with E-state index in [4.69, 9.17) is 0 Å². The number of aromatic nitrogens is 3. The molecular formula is C17H23N5O2S. The molecule has 0 aliphatic carbocycles. The van der Waals surface area contributed by atoms with Crippen molar-refractivity contribution < 1.29 is 8.42 Å². The first-order valence-electron chi connectivity index (χ1n) is 8.43. The highest BCUT2D eigenvalue weighted by atomic mass is 32.2. The van der Waals surface area contributed by atoms with Crippen molar-refractivity contribution in [1.82, 2.24) is 15.2 Å². The molecule has 1 saturated heterocycles. The summed E-state index contributed by atoms with van der Waals surface area (Å²) in [6.45, 7) is 5.32. The molecule has 8 heteroatoms. The van der Waals surface area contributed by atoms with Gasteiger partial charge >= 0.3 is 0 Å². The quantitative estimate of drug-likeness (QED) is 0.839. The van der Waals surface area contributed by atoms with Gasteiger partial charge in [0, 0.05) is 19.1 Å². The number of aryl methyl sites for hydroxylation is 1. The number of sulfone groups is 1. The molecule has 1 unspecified atom stereocenters. The molecule has 0 radical (unpaired) electrons. The summed E-state index contributed by atoms with van der Waals surface area (Å²) in [5, 5.41) is 11.4. The Hall–Kier alpha value is -2.22. The predicted molar refractivity (Wildman–Crippen MR) is 98.4 cm³/mol. The standard InChI is InChI=1S/C17H23N5O2S/c1-3-22(15-7-8-25(23,24)12-15)17-20-16(11-19-21-17)18-10-14-6-4-5-13(2)9-14/h4-6,9,11,15H,3,7-8,10,12H2,1-2H3,(H,18,20,21). The number of hydrogen-bond donors (Lipinski definition) is 1. The Morgan fingerprint density at radius 3 is 2.88 bits per heavy atom. The number of nitrogens with one attached hydrogen (secondary N) is 1. The van der Waals surface area contributed by atoms with Crippen LogP contribution in [-0.4, -0.2) is 47.7 Å². The van der Waals surface area contributed by atoms with Crippen LogP contribution in [0.25, 0.3) is 0 Å². The second kappa shape index (κ2) is 7.35. The summed E-state index contributed by atoms with van der Waals surface area (Å²) in [5.74, 6) is 1.49. The molecule has 1 aromatic heterocycles. The highest BCUT2D eigenvalue weighted by Crippen LogP contribution is 2.22. The lowest BCUT2D eigenvalue weighted by Gasteiger charge is -2.26. The zero-order valence-electron chi connectivity index (χ0n) is 14.5. The fourth-order valence-electron chi connectivity index (χ4n) is 3.10. The van der Waals surface area contributed by atoms with Gasteiger partial charge in [-0.2, -0.15) is 10.1 Å². The number of nitrogens with zero attached hydrogens (tertiary/aromatic N) is 4. The lowest BCUT2D eigenvalue weighted by Crippen LogP contribution is -2.37. The first-order chi connectivity index (χ1) is 12.0. The van der Waals surface area contributed by atoms with E-state index < -0.39 is 9.84 Å². The van der Waals surface area contributed by atoms with Crippen molar-refractivity contribution in [2.75, 3.05) is 28.3 Å². The monoisotopic (exact) mass is 361 g/mol. The van der Waals surface area contributed by atoms with Crippen LogP contribution in [0.1, 0.15) is 24.5 Å². The van der Waals surface area contributed by atoms with Gasteiger partial charge in [0.2, 0.25) is 5.95 Å². The molecule has 1 aromatic carbocycles. The molecule has 0 amide bonds. The Kier molecular flexibility index (Phi) is 5.17.